The van der Waals surface area contributed by atoms with Gasteiger partial charge in [-0.05, 0) is 29.5 Å². The minimum Gasteiger partial charge on any atom is -0.356 e. The molecule has 0 aromatic heterocycles. The standard InChI is InChI=1S/C22H28N2/c1-5-16-24(17-6-2)22(23-4)21-15-11-10-14-20(21)18(3)19-12-8-7-9-13-19/h7-15H,3,5-6,16-17H2,1-2,4H3/b23-22+. The molecule has 2 aromatic rings. The average molecular weight is 320 g/mol. The molecule has 0 radical (unpaired) electrons. The number of rotatable bonds is 7. The summed E-state index contributed by atoms with van der Waals surface area (Å²) in [6, 6.07) is 18.8. The fourth-order valence-corrected chi connectivity index (χ4v) is 3.03. The number of aliphatic imine (C=N–C) groups is 1. The van der Waals surface area contributed by atoms with Gasteiger partial charge in [0, 0.05) is 25.7 Å². The van der Waals surface area contributed by atoms with E-state index >= 15 is 0 Å². The number of benzene rings is 2. The van der Waals surface area contributed by atoms with Crippen molar-refractivity contribution in [3.05, 3.63) is 77.9 Å². The van der Waals surface area contributed by atoms with Gasteiger partial charge in [0.25, 0.3) is 0 Å². The summed E-state index contributed by atoms with van der Waals surface area (Å²) in [5.74, 6) is 1.06. The van der Waals surface area contributed by atoms with Crippen LogP contribution in [-0.4, -0.2) is 30.9 Å². The molecule has 0 atom stereocenters. The maximum absolute atomic E-state index is 4.63. The minimum atomic E-state index is 1.02. The summed E-state index contributed by atoms with van der Waals surface area (Å²) in [4.78, 5) is 7.02. The molecule has 0 bridgehead atoms. The van der Waals surface area contributed by atoms with E-state index in [4.69, 9.17) is 0 Å². The first kappa shape index (κ1) is 18.0. The molecule has 0 amide bonds. The van der Waals surface area contributed by atoms with E-state index in [0.29, 0.717) is 0 Å². The van der Waals surface area contributed by atoms with Gasteiger partial charge >= 0.3 is 0 Å². The van der Waals surface area contributed by atoms with Gasteiger partial charge in [-0.1, -0.05) is 75.0 Å². The van der Waals surface area contributed by atoms with Crippen LogP contribution in [-0.2, 0) is 0 Å². The van der Waals surface area contributed by atoms with E-state index in [1.54, 1.807) is 0 Å². The Morgan fingerprint density at radius 2 is 1.42 bits per heavy atom. The summed E-state index contributed by atoms with van der Waals surface area (Å²) in [6.07, 6.45) is 2.22. The smallest absolute Gasteiger partial charge is 0.131 e. The van der Waals surface area contributed by atoms with Crippen LogP contribution in [0.5, 0.6) is 0 Å². The Bertz CT molecular complexity index is 680. The van der Waals surface area contributed by atoms with Gasteiger partial charge in [0.15, 0.2) is 0 Å². The Labute approximate surface area is 146 Å². The van der Waals surface area contributed by atoms with Gasteiger partial charge in [-0.3, -0.25) is 4.99 Å². The van der Waals surface area contributed by atoms with Crippen LogP contribution in [0.4, 0.5) is 0 Å². The molecule has 0 aliphatic rings. The Hall–Kier alpha value is -2.35. The van der Waals surface area contributed by atoms with Crippen LogP contribution >= 0.6 is 0 Å². The van der Waals surface area contributed by atoms with E-state index < -0.39 is 0 Å². The predicted octanol–water partition coefficient (Wildman–Crippen LogP) is 5.25. The molecule has 0 saturated carbocycles. The lowest BCUT2D eigenvalue weighted by Crippen LogP contribution is -2.33. The number of amidine groups is 1. The fraction of sp³-hybridized carbons (Fsp3) is 0.318. The van der Waals surface area contributed by atoms with Gasteiger partial charge < -0.3 is 4.90 Å². The number of nitrogens with zero attached hydrogens (tertiary/aromatic N) is 2. The van der Waals surface area contributed by atoms with Crippen LogP contribution < -0.4 is 0 Å². The highest BCUT2D eigenvalue weighted by molar-refractivity contribution is 6.04. The first-order valence-electron chi connectivity index (χ1n) is 8.78. The van der Waals surface area contributed by atoms with E-state index in [1.807, 2.05) is 13.1 Å². The number of hydrogen-bond donors (Lipinski definition) is 0. The lowest BCUT2D eigenvalue weighted by Gasteiger charge is -2.27. The maximum atomic E-state index is 4.63. The van der Waals surface area contributed by atoms with Crippen molar-refractivity contribution in [3.8, 4) is 0 Å². The van der Waals surface area contributed by atoms with Gasteiger partial charge in [-0.25, -0.2) is 0 Å². The van der Waals surface area contributed by atoms with Crippen molar-refractivity contribution in [2.75, 3.05) is 20.1 Å². The van der Waals surface area contributed by atoms with E-state index in [-0.39, 0.29) is 0 Å². The molecule has 2 aromatic carbocycles. The SMILES string of the molecule is C=C(c1ccccc1)c1ccccc1/C(=N\C)N(CCC)CCC. The largest absolute Gasteiger partial charge is 0.356 e. The molecule has 24 heavy (non-hydrogen) atoms. The Morgan fingerprint density at radius 3 is 1.96 bits per heavy atom. The predicted molar refractivity (Wildman–Crippen MR) is 106 cm³/mol. The van der Waals surface area contributed by atoms with Crippen LogP contribution in [0, 0.1) is 0 Å². The molecule has 0 aliphatic carbocycles. The molecule has 2 rings (SSSR count). The Kier molecular flexibility index (Phi) is 6.80. The monoisotopic (exact) mass is 320 g/mol. The lowest BCUT2D eigenvalue weighted by molar-refractivity contribution is 0.417. The first-order chi connectivity index (χ1) is 11.7. The van der Waals surface area contributed by atoms with Crippen molar-refractivity contribution in [2.45, 2.75) is 26.7 Å². The molecule has 0 spiro atoms. The molecule has 0 unspecified atom stereocenters. The zero-order chi connectivity index (χ0) is 17.4. The lowest BCUT2D eigenvalue weighted by atomic mass is 9.94. The molecule has 2 heteroatoms. The Balaban J connectivity index is 2.45. The first-order valence-corrected chi connectivity index (χ1v) is 8.78. The topological polar surface area (TPSA) is 15.6 Å². The molecule has 0 fully saturated rings. The summed E-state index contributed by atoms with van der Waals surface area (Å²) in [5, 5.41) is 0. The molecule has 0 heterocycles. The summed E-state index contributed by atoms with van der Waals surface area (Å²) in [7, 11) is 1.88. The third-order valence-corrected chi connectivity index (χ3v) is 4.11. The highest BCUT2D eigenvalue weighted by Gasteiger charge is 2.16. The van der Waals surface area contributed by atoms with Crippen molar-refractivity contribution in [1.82, 2.24) is 4.90 Å². The van der Waals surface area contributed by atoms with E-state index in [2.05, 4.69) is 78.8 Å². The van der Waals surface area contributed by atoms with Crippen LogP contribution in [0.1, 0.15) is 43.4 Å². The zero-order valence-corrected chi connectivity index (χ0v) is 15.1. The third-order valence-electron chi connectivity index (χ3n) is 4.11. The average Bonchev–Trinajstić information content (AvgIpc) is 2.63. The van der Waals surface area contributed by atoms with Crippen molar-refractivity contribution in [3.63, 3.8) is 0 Å². The van der Waals surface area contributed by atoms with Gasteiger partial charge in [-0.15, -0.1) is 0 Å². The summed E-state index contributed by atoms with van der Waals surface area (Å²) in [6.45, 7) is 10.8. The molecule has 2 nitrogen and oxygen atoms in total. The highest BCUT2D eigenvalue weighted by atomic mass is 15.2. The van der Waals surface area contributed by atoms with Crippen molar-refractivity contribution in [1.29, 1.82) is 0 Å². The molecule has 126 valence electrons. The summed E-state index contributed by atoms with van der Waals surface area (Å²) >= 11 is 0. The van der Waals surface area contributed by atoms with Crippen LogP contribution in [0.15, 0.2) is 66.2 Å². The van der Waals surface area contributed by atoms with Gasteiger partial charge in [-0.2, -0.15) is 0 Å². The summed E-state index contributed by atoms with van der Waals surface area (Å²) < 4.78 is 0. The zero-order valence-electron chi connectivity index (χ0n) is 15.1. The maximum Gasteiger partial charge on any atom is 0.131 e. The summed E-state index contributed by atoms with van der Waals surface area (Å²) in [5.41, 5.74) is 4.51. The fourth-order valence-electron chi connectivity index (χ4n) is 3.03. The van der Waals surface area contributed by atoms with E-state index in [0.717, 1.165) is 54.0 Å². The van der Waals surface area contributed by atoms with Crippen molar-refractivity contribution >= 4 is 11.4 Å². The number of hydrogen-bond acceptors (Lipinski definition) is 1. The van der Waals surface area contributed by atoms with Gasteiger partial charge in [0.1, 0.15) is 5.84 Å². The molecule has 0 saturated heterocycles. The second-order valence-electron chi connectivity index (χ2n) is 5.92. The van der Waals surface area contributed by atoms with Crippen LogP contribution in [0.25, 0.3) is 5.57 Å². The molecular weight excluding hydrogens is 292 g/mol. The molecular formula is C22H28N2. The molecule has 0 aliphatic heterocycles. The van der Waals surface area contributed by atoms with Crippen LogP contribution in [0.2, 0.25) is 0 Å². The second kappa shape index (κ2) is 9.07. The quantitative estimate of drug-likeness (QED) is 0.503. The highest BCUT2D eigenvalue weighted by Crippen LogP contribution is 2.26. The van der Waals surface area contributed by atoms with Crippen molar-refractivity contribution in [2.24, 2.45) is 4.99 Å². The second-order valence-corrected chi connectivity index (χ2v) is 5.92. The Morgan fingerprint density at radius 1 is 0.875 bits per heavy atom. The van der Waals surface area contributed by atoms with E-state index in [9.17, 15) is 0 Å². The third kappa shape index (κ3) is 4.14. The van der Waals surface area contributed by atoms with Gasteiger partial charge in [0.2, 0.25) is 0 Å². The van der Waals surface area contributed by atoms with Gasteiger partial charge in [0.05, 0.1) is 0 Å². The molecule has 0 N–H and O–H groups in total. The van der Waals surface area contributed by atoms with E-state index in [1.165, 1.54) is 0 Å². The van der Waals surface area contributed by atoms with Crippen LogP contribution in [0.3, 0.4) is 0 Å². The normalized spacial score (nSPS) is 11.4. The van der Waals surface area contributed by atoms with Crippen molar-refractivity contribution < 1.29 is 0 Å². The minimum absolute atomic E-state index is 1.02.